The third-order valence-corrected chi connectivity index (χ3v) is 5.89. The first-order chi connectivity index (χ1) is 16.8. The molecule has 34 heavy (non-hydrogen) atoms. The average Bonchev–Trinajstić information content (AvgIpc) is 2.93. The number of nitrogens with zero attached hydrogens (tertiary/aromatic N) is 4. The van der Waals surface area contributed by atoms with Crippen molar-refractivity contribution < 1.29 is 9.53 Å². The Balaban J connectivity index is 1.46. The van der Waals surface area contributed by atoms with Gasteiger partial charge in [0.2, 0.25) is 0 Å². The minimum Gasteiger partial charge on any atom is -0.378 e. The number of carbonyl (C=O) groups excluding carboxylic acids is 1. The van der Waals surface area contributed by atoms with E-state index in [1.165, 1.54) is 0 Å². The minimum atomic E-state index is -0.114. The maximum atomic E-state index is 13.7. The molecule has 0 radical (unpaired) electrons. The lowest BCUT2D eigenvalue weighted by atomic mass is 10.0. The van der Waals surface area contributed by atoms with Crippen molar-refractivity contribution >= 4 is 17.4 Å². The van der Waals surface area contributed by atoms with Gasteiger partial charge < -0.3 is 14.5 Å². The first-order valence-corrected chi connectivity index (χ1v) is 11.4. The number of carbonyl (C=O) groups is 1. The van der Waals surface area contributed by atoms with E-state index in [1.54, 1.807) is 17.3 Å². The highest BCUT2D eigenvalue weighted by atomic mass is 16.5. The Hall–Kier alpha value is -4.03. The van der Waals surface area contributed by atoms with Crippen molar-refractivity contribution in [1.82, 2.24) is 9.97 Å². The molecule has 5 rings (SSSR count). The highest BCUT2D eigenvalue weighted by Gasteiger charge is 2.21. The van der Waals surface area contributed by atoms with Crippen LogP contribution >= 0.6 is 0 Å². The van der Waals surface area contributed by atoms with Crippen LogP contribution in [0.4, 0.5) is 11.5 Å². The van der Waals surface area contributed by atoms with Crippen molar-refractivity contribution in [2.75, 3.05) is 36.1 Å². The molecule has 1 aliphatic heterocycles. The second-order valence-corrected chi connectivity index (χ2v) is 8.13. The van der Waals surface area contributed by atoms with Gasteiger partial charge in [0, 0.05) is 31.2 Å². The lowest BCUT2D eigenvalue weighted by Crippen LogP contribution is -2.37. The molecule has 0 aliphatic carbocycles. The van der Waals surface area contributed by atoms with Gasteiger partial charge in [-0.15, -0.1) is 0 Å². The molecule has 0 atom stereocenters. The van der Waals surface area contributed by atoms with Crippen LogP contribution in [0, 0.1) is 0 Å². The predicted molar refractivity (Wildman–Crippen MR) is 134 cm³/mol. The monoisotopic (exact) mass is 450 g/mol. The quantitative estimate of drug-likeness (QED) is 0.421. The number of anilines is 2. The van der Waals surface area contributed by atoms with Crippen molar-refractivity contribution in [2.45, 2.75) is 6.54 Å². The lowest BCUT2D eigenvalue weighted by molar-refractivity contribution is 0.0984. The highest BCUT2D eigenvalue weighted by molar-refractivity contribution is 6.06. The van der Waals surface area contributed by atoms with Crippen LogP contribution in [0.1, 0.15) is 16.1 Å². The van der Waals surface area contributed by atoms with Gasteiger partial charge in [-0.05, 0) is 47.5 Å². The molecule has 1 aliphatic rings. The zero-order valence-electron chi connectivity index (χ0n) is 18.9. The Labute approximate surface area is 199 Å². The van der Waals surface area contributed by atoms with E-state index in [1.807, 2.05) is 66.7 Å². The number of hydrogen-bond donors (Lipinski definition) is 0. The number of rotatable bonds is 6. The van der Waals surface area contributed by atoms with E-state index in [0.717, 1.165) is 41.4 Å². The average molecular weight is 451 g/mol. The molecule has 6 nitrogen and oxygen atoms in total. The van der Waals surface area contributed by atoms with Gasteiger partial charge in [0.1, 0.15) is 5.82 Å². The summed E-state index contributed by atoms with van der Waals surface area (Å²) in [6.07, 6.45) is 3.41. The second-order valence-electron chi connectivity index (χ2n) is 8.13. The smallest absolute Gasteiger partial charge is 0.260 e. The summed E-state index contributed by atoms with van der Waals surface area (Å²) in [5, 5.41) is 0. The van der Waals surface area contributed by atoms with Crippen LogP contribution in [0.3, 0.4) is 0 Å². The van der Waals surface area contributed by atoms with E-state index in [-0.39, 0.29) is 5.91 Å². The molecule has 1 amide bonds. The van der Waals surface area contributed by atoms with Crippen LogP contribution in [-0.2, 0) is 11.3 Å². The van der Waals surface area contributed by atoms with Crippen LogP contribution in [-0.4, -0.2) is 42.2 Å². The summed E-state index contributed by atoms with van der Waals surface area (Å²) >= 11 is 0. The summed E-state index contributed by atoms with van der Waals surface area (Å²) in [7, 11) is 0. The van der Waals surface area contributed by atoms with E-state index in [2.05, 4.69) is 33.1 Å². The summed E-state index contributed by atoms with van der Waals surface area (Å²) in [5.74, 6) is 0.749. The summed E-state index contributed by atoms with van der Waals surface area (Å²) < 4.78 is 5.43. The van der Waals surface area contributed by atoms with Crippen LogP contribution in [0.15, 0.2) is 97.3 Å². The largest absolute Gasteiger partial charge is 0.378 e. The third kappa shape index (κ3) is 4.97. The predicted octanol–water partition coefficient (Wildman–Crippen LogP) is 4.83. The fourth-order valence-electron chi connectivity index (χ4n) is 4.07. The summed E-state index contributed by atoms with van der Waals surface area (Å²) in [4.78, 5) is 26.7. The Morgan fingerprint density at radius 2 is 1.65 bits per heavy atom. The number of ether oxygens (including phenoxy) is 1. The van der Waals surface area contributed by atoms with Crippen molar-refractivity contribution in [1.29, 1.82) is 0 Å². The van der Waals surface area contributed by atoms with Crippen LogP contribution in [0.2, 0.25) is 0 Å². The van der Waals surface area contributed by atoms with Gasteiger partial charge in [-0.1, -0.05) is 48.5 Å². The fraction of sp³-hybridized carbons (Fsp3) is 0.179. The minimum absolute atomic E-state index is 0.114. The molecular formula is C28H26N4O2. The van der Waals surface area contributed by atoms with Crippen LogP contribution < -0.4 is 9.80 Å². The Morgan fingerprint density at radius 1 is 0.853 bits per heavy atom. The molecule has 1 fully saturated rings. The van der Waals surface area contributed by atoms with Gasteiger partial charge >= 0.3 is 0 Å². The second kappa shape index (κ2) is 10.3. The molecule has 0 spiro atoms. The van der Waals surface area contributed by atoms with Gasteiger partial charge in [0.05, 0.1) is 31.0 Å². The van der Waals surface area contributed by atoms with Crippen molar-refractivity contribution in [3.05, 3.63) is 109 Å². The van der Waals surface area contributed by atoms with Gasteiger partial charge in [-0.2, -0.15) is 0 Å². The zero-order valence-corrected chi connectivity index (χ0v) is 18.9. The molecule has 6 heteroatoms. The standard InChI is InChI=1S/C28H26N4O2/c33-28(24-12-13-27(30-20-24)31-15-17-34-18-16-31)32(21-25-10-4-5-14-29-25)26-11-6-9-23(19-26)22-7-2-1-3-8-22/h1-14,19-20H,15-18,21H2. The maximum absolute atomic E-state index is 13.7. The molecule has 0 bridgehead atoms. The number of amides is 1. The first kappa shape index (κ1) is 21.8. The Bertz CT molecular complexity index is 1220. The van der Waals surface area contributed by atoms with Crippen molar-refractivity contribution in [3.8, 4) is 11.1 Å². The molecule has 0 saturated carbocycles. The number of hydrogen-bond acceptors (Lipinski definition) is 5. The molecule has 170 valence electrons. The van der Waals surface area contributed by atoms with Crippen LogP contribution in [0.25, 0.3) is 11.1 Å². The fourth-order valence-corrected chi connectivity index (χ4v) is 4.07. The van der Waals surface area contributed by atoms with Crippen molar-refractivity contribution in [2.24, 2.45) is 0 Å². The third-order valence-electron chi connectivity index (χ3n) is 5.89. The number of aromatic nitrogens is 2. The molecular weight excluding hydrogens is 424 g/mol. The van der Waals surface area contributed by atoms with E-state index in [0.29, 0.717) is 25.3 Å². The summed E-state index contributed by atoms with van der Waals surface area (Å²) in [6, 6.07) is 27.7. The van der Waals surface area contributed by atoms with Gasteiger partial charge in [0.25, 0.3) is 5.91 Å². The SMILES string of the molecule is O=C(c1ccc(N2CCOCC2)nc1)N(Cc1ccccn1)c1cccc(-c2ccccc2)c1. The van der Waals surface area contributed by atoms with E-state index < -0.39 is 0 Å². The highest BCUT2D eigenvalue weighted by Crippen LogP contribution is 2.27. The van der Waals surface area contributed by atoms with Crippen LogP contribution in [0.5, 0.6) is 0 Å². The molecule has 0 N–H and O–H groups in total. The zero-order chi connectivity index (χ0) is 23.2. The normalized spacial score (nSPS) is 13.5. The number of morpholine rings is 1. The Morgan fingerprint density at radius 3 is 2.38 bits per heavy atom. The number of benzene rings is 2. The lowest BCUT2D eigenvalue weighted by Gasteiger charge is -2.28. The summed E-state index contributed by atoms with van der Waals surface area (Å²) in [5.41, 5.74) is 4.33. The maximum Gasteiger partial charge on any atom is 0.260 e. The van der Waals surface area contributed by atoms with Gasteiger partial charge in [-0.25, -0.2) is 4.98 Å². The molecule has 3 heterocycles. The molecule has 2 aromatic heterocycles. The van der Waals surface area contributed by atoms with E-state index in [4.69, 9.17) is 4.74 Å². The van der Waals surface area contributed by atoms with Gasteiger partial charge in [0.15, 0.2) is 0 Å². The van der Waals surface area contributed by atoms with Crippen molar-refractivity contribution in [3.63, 3.8) is 0 Å². The molecule has 0 unspecified atom stereocenters. The number of pyridine rings is 2. The summed E-state index contributed by atoms with van der Waals surface area (Å²) in [6.45, 7) is 3.36. The molecule has 2 aromatic carbocycles. The van der Waals surface area contributed by atoms with E-state index >= 15 is 0 Å². The van der Waals surface area contributed by atoms with E-state index in [9.17, 15) is 4.79 Å². The first-order valence-electron chi connectivity index (χ1n) is 11.4. The molecule has 1 saturated heterocycles. The van der Waals surface area contributed by atoms with Gasteiger partial charge in [-0.3, -0.25) is 9.78 Å². The molecule has 4 aromatic rings. The topological polar surface area (TPSA) is 58.6 Å². The Kier molecular flexibility index (Phi) is 6.59.